The average Bonchev–Trinajstić information content (AvgIpc) is 3.30. The Morgan fingerprint density at radius 3 is 2.53 bits per heavy atom. The zero-order chi connectivity index (χ0) is 22.2. The molecule has 6 nitrogen and oxygen atoms in total. The molecule has 2 aliphatic heterocycles. The molecule has 0 saturated carbocycles. The van der Waals surface area contributed by atoms with E-state index >= 15 is 0 Å². The molecule has 1 aromatic heterocycles. The number of aromatic nitrogens is 2. The molecule has 2 aliphatic rings. The van der Waals surface area contributed by atoms with Crippen LogP contribution >= 0.6 is 15.9 Å². The Balaban J connectivity index is 1.40. The van der Waals surface area contributed by atoms with Gasteiger partial charge in [-0.2, -0.15) is 5.10 Å². The first-order valence-corrected chi connectivity index (χ1v) is 11.3. The lowest BCUT2D eigenvalue weighted by Gasteiger charge is -2.38. The fourth-order valence-corrected chi connectivity index (χ4v) is 4.85. The standard InChI is InChI=1S/C24H23BrFN5O/c1-28-16-21(23(31-22(28)9-10-27-31)17-3-2-4-18(25)15-17)24(32)30-13-11-29(12-14-30)20-7-5-19(26)6-8-20/h2-10,15-16,23H,11-14H2,1H3. The van der Waals surface area contributed by atoms with Crippen molar-refractivity contribution >= 4 is 33.3 Å². The van der Waals surface area contributed by atoms with Crippen LogP contribution in [0.5, 0.6) is 0 Å². The van der Waals surface area contributed by atoms with Crippen molar-refractivity contribution in [2.45, 2.75) is 6.04 Å². The topological polar surface area (TPSA) is 44.6 Å². The average molecular weight is 496 g/mol. The molecule has 0 spiro atoms. The second-order valence-electron chi connectivity index (χ2n) is 8.04. The van der Waals surface area contributed by atoms with Gasteiger partial charge in [0.15, 0.2) is 0 Å². The van der Waals surface area contributed by atoms with Crippen LogP contribution in [0.15, 0.2) is 77.0 Å². The zero-order valence-corrected chi connectivity index (χ0v) is 19.2. The van der Waals surface area contributed by atoms with Gasteiger partial charge in [-0.05, 0) is 42.0 Å². The Morgan fingerprint density at radius 2 is 1.81 bits per heavy atom. The number of rotatable bonds is 3. The number of fused-ring (bicyclic) bond motifs is 1. The van der Waals surface area contributed by atoms with Gasteiger partial charge in [-0.25, -0.2) is 9.07 Å². The highest BCUT2D eigenvalue weighted by Crippen LogP contribution is 2.36. The molecule has 1 saturated heterocycles. The number of halogens is 2. The predicted octanol–water partition coefficient (Wildman–Crippen LogP) is 4.06. The Labute approximate surface area is 194 Å². The molecule has 0 radical (unpaired) electrons. The van der Waals surface area contributed by atoms with Gasteiger partial charge in [0.05, 0.1) is 11.8 Å². The van der Waals surface area contributed by atoms with E-state index in [0.717, 1.165) is 21.5 Å². The summed E-state index contributed by atoms with van der Waals surface area (Å²) < 4.78 is 16.1. The normalized spacial score (nSPS) is 18.4. The monoisotopic (exact) mass is 495 g/mol. The van der Waals surface area contributed by atoms with Gasteiger partial charge in [0.2, 0.25) is 0 Å². The van der Waals surface area contributed by atoms with Gasteiger partial charge in [0.25, 0.3) is 5.91 Å². The number of carbonyl (C=O) groups excluding carboxylic acids is 1. The van der Waals surface area contributed by atoms with Crippen molar-refractivity contribution in [1.82, 2.24) is 14.7 Å². The van der Waals surface area contributed by atoms with Crippen LogP contribution in [-0.2, 0) is 4.79 Å². The van der Waals surface area contributed by atoms with E-state index in [-0.39, 0.29) is 17.8 Å². The summed E-state index contributed by atoms with van der Waals surface area (Å²) in [4.78, 5) is 19.7. The van der Waals surface area contributed by atoms with Crippen molar-refractivity contribution in [3.05, 3.63) is 88.4 Å². The lowest BCUT2D eigenvalue weighted by molar-refractivity contribution is -0.127. The summed E-state index contributed by atoms with van der Waals surface area (Å²) in [6.07, 6.45) is 3.69. The first kappa shape index (κ1) is 20.8. The van der Waals surface area contributed by atoms with E-state index in [9.17, 15) is 9.18 Å². The molecule has 0 bridgehead atoms. The number of piperazine rings is 1. The van der Waals surface area contributed by atoms with Crippen LogP contribution in [-0.4, -0.2) is 53.8 Å². The van der Waals surface area contributed by atoms with E-state index in [1.165, 1.54) is 12.1 Å². The first-order chi connectivity index (χ1) is 15.5. The van der Waals surface area contributed by atoms with Gasteiger partial charge in [0.1, 0.15) is 17.7 Å². The van der Waals surface area contributed by atoms with Gasteiger partial charge < -0.3 is 14.7 Å². The second-order valence-corrected chi connectivity index (χ2v) is 8.96. The summed E-state index contributed by atoms with van der Waals surface area (Å²) in [5, 5.41) is 4.54. The van der Waals surface area contributed by atoms with Crippen molar-refractivity contribution in [2.75, 3.05) is 43.0 Å². The highest BCUT2D eigenvalue weighted by atomic mass is 79.9. The Bertz CT molecular complexity index is 1170. The number of nitrogens with zero attached hydrogens (tertiary/aromatic N) is 5. The van der Waals surface area contributed by atoms with Crippen molar-refractivity contribution in [3.8, 4) is 0 Å². The van der Waals surface area contributed by atoms with Gasteiger partial charge in [0, 0.05) is 55.7 Å². The molecular formula is C24H23BrFN5O. The third kappa shape index (κ3) is 3.79. The highest BCUT2D eigenvalue weighted by Gasteiger charge is 2.35. The van der Waals surface area contributed by atoms with E-state index in [1.807, 2.05) is 58.1 Å². The Kier molecular flexibility index (Phi) is 5.46. The maximum Gasteiger partial charge on any atom is 0.253 e. The van der Waals surface area contributed by atoms with E-state index in [4.69, 9.17) is 0 Å². The van der Waals surface area contributed by atoms with Gasteiger partial charge in [-0.1, -0.05) is 28.1 Å². The summed E-state index contributed by atoms with van der Waals surface area (Å²) >= 11 is 3.55. The SMILES string of the molecule is CN1C=C(C(=O)N2CCN(c3ccc(F)cc3)CC2)C(c2cccc(Br)c2)n2nccc21. The molecular weight excluding hydrogens is 473 g/mol. The molecule has 5 rings (SSSR count). The first-order valence-electron chi connectivity index (χ1n) is 10.5. The minimum Gasteiger partial charge on any atom is -0.368 e. The Morgan fingerprint density at radius 1 is 1.06 bits per heavy atom. The summed E-state index contributed by atoms with van der Waals surface area (Å²) in [6.45, 7) is 2.62. The molecule has 164 valence electrons. The fourth-order valence-electron chi connectivity index (χ4n) is 4.43. The fraction of sp³-hybridized carbons (Fsp3) is 0.250. The summed E-state index contributed by atoms with van der Waals surface area (Å²) in [7, 11) is 1.93. The number of amides is 1. The smallest absolute Gasteiger partial charge is 0.253 e. The molecule has 0 aliphatic carbocycles. The van der Waals surface area contributed by atoms with E-state index < -0.39 is 0 Å². The molecule has 1 fully saturated rings. The summed E-state index contributed by atoms with van der Waals surface area (Å²) in [5.74, 6) is 0.710. The van der Waals surface area contributed by atoms with E-state index in [1.54, 1.807) is 18.3 Å². The zero-order valence-electron chi connectivity index (χ0n) is 17.7. The third-order valence-corrected chi connectivity index (χ3v) is 6.55. The summed E-state index contributed by atoms with van der Waals surface area (Å²) in [5.41, 5.74) is 2.67. The van der Waals surface area contributed by atoms with Crippen LogP contribution in [0, 0.1) is 5.82 Å². The highest BCUT2D eigenvalue weighted by molar-refractivity contribution is 9.10. The number of anilines is 2. The van der Waals surface area contributed by atoms with Crippen molar-refractivity contribution < 1.29 is 9.18 Å². The van der Waals surface area contributed by atoms with Crippen LogP contribution in [0.25, 0.3) is 0 Å². The molecule has 1 amide bonds. The van der Waals surface area contributed by atoms with E-state index in [2.05, 4.69) is 25.9 Å². The second kappa shape index (κ2) is 8.43. The van der Waals surface area contributed by atoms with Crippen LogP contribution in [0.1, 0.15) is 11.6 Å². The third-order valence-electron chi connectivity index (χ3n) is 6.05. The molecule has 8 heteroatoms. The lowest BCUT2D eigenvalue weighted by Crippen LogP contribution is -2.50. The maximum atomic E-state index is 13.7. The minimum atomic E-state index is -0.295. The number of benzene rings is 2. The molecule has 0 N–H and O–H groups in total. The number of carbonyl (C=O) groups is 1. The van der Waals surface area contributed by atoms with Crippen molar-refractivity contribution in [1.29, 1.82) is 0 Å². The van der Waals surface area contributed by atoms with Gasteiger partial charge in [-0.3, -0.25) is 4.79 Å². The van der Waals surface area contributed by atoms with Crippen molar-refractivity contribution in [2.24, 2.45) is 0 Å². The van der Waals surface area contributed by atoms with Crippen LogP contribution in [0.3, 0.4) is 0 Å². The number of hydrogen-bond acceptors (Lipinski definition) is 4. The van der Waals surface area contributed by atoms with E-state index in [0.29, 0.717) is 31.8 Å². The lowest BCUT2D eigenvalue weighted by atomic mass is 9.96. The van der Waals surface area contributed by atoms with Crippen molar-refractivity contribution in [3.63, 3.8) is 0 Å². The summed E-state index contributed by atoms with van der Waals surface area (Å²) in [6, 6.07) is 16.2. The molecule has 2 aromatic carbocycles. The van der Waals surface area contributed by atoms with Crippen LogP contribution < -0.4 is 9.80 Å². The molecule has 32 heavy (non-hydrogen) atoms. The Hall–Kier alpha value is -3.13. The maximum absolute atomic E-state index is 13.7. The molecule has 3 heterocycles. The van der Waals surface area contributed by atoms with Gasteiger partial charge in [-0.15, -0.1) is 0 Å². The number of hydrogen-bond donors (Lipinski definition) is 0. The predicted molar refractivity (Wildman–Crippen MR) is 126 cm³/mol. The molecule has 3 aromatic rings. The largest absolute Gasteiger partial charge is 0.368 e. The minimum absolute atomic E-state index is 0.0155. The molecule has 1 unspecified atom stereocenters. The molecule has 1 atom stereocenters. The van der Waals surface area contributed by atoms with Crippen LogP contribution in [0.2, 0.25) is 0 Å². The van der Waals surface area contributed by atoms with Gasteiger partial charge >= 0.3 is 0 Å². The van der Waals surface area contributed by atoms with Crippen LogP contribution in [0.4, 0.5) is 15.9 Å². The quantitative estimate of drug-likeness (QED) is 0.549.